The molecule has 0 rings (SSSR count). The van der Waals surface area contributed by atoms with Crippen molar-refractivity contribution in [3.05, 3.63) is 60.8 Å². The Morgan fingerprint density at radius 1 is 0.500 bits per heavy atom. The van der Waals surface area contributed by atoms with E-state index in [1.807, 2.05) is 0 Å². The molecule has 0 saturated heterocycles. The maximum atomic E-state index is 10.3. The van der Waals surface area contributed by atoms with Gasteiger partial charge in [0.15, 0.2) is 0 Å². The first-order valence-corrected chi connectivity index (χ1v) is 13.2. The van der Waals surface area contributed by atoms with Gasteiger partial charge in [-0.05, 0) is 64.2 Å². The fourth-order valence-corrected chi connectivity index (χ4v) is 3.42. The van der Waals surface area contributed by atoms with E-state index in [1.54, 1.807) is 0 Å². The summed E-state index contributed by atoms with van der Waals surface area (Å²) in [6.45, 7) is 2.25. The molecule has 0 aromatic heterocycles. The molecule has 0 bridgehead atoms. The molecule has 0 radical (unpaired) electrons. The highest BCUT2D eigenvalue weighted by Gasteiger charge is 1.92. The summed E-state index contributed by atoms with van der Waals surface area (Å²) in [5, 5.41) is 10.3. The van der Waals surface area contributed by atoms with E-state index in [0.29, 0.717) is 0 Å². The van der Waals surface area contributed by atoms with Gasteiger partial charge in [0.25, 0.3) is 0 Å². The highest BCUT2D eigenvalue weighted by molar-refractivity contribution is 5.64. The molecule has 0 unspecified atom stereocenters. The van der Waals surface area contributed by atoms with Crippen molar-refractivity contribution in [3.63, 3.8) is 0 Å². The Hall–Kier alpha value is -1.83. The summed E-state index contributed by atoms with van der Waals surface area (Å²) in [7, 11) is 0. The van der Waals surface area contributed by atoms with Crippen LogP contribution in [0.5, 0.6) is 0 Å². The Balaban J connectivity index is 3.36. The van der Waals surface area contributed by atoms with Gasteiger partial charge in [-0.15, -0.1) is 0 Å². The van der Waals surface area contributed by atoms with Crippen LogP contribution in [0.15, 0.2) is 60.8 Å². The predicted octanol–water partition coefficient (Wildman–Crippen LogP) is 8.56. The number of hydrogen-bond donors (Lipinski definition) is 0. The lowest BCUT2D eigenvalue weighted by molar-refractivity contribution is -0.305. The lowest BCUT2D eigenvalue weighted by Crippen LogP contribution is -2.21. The second-order valence-corrected chi connectivity index (χ2v) is 8.53. The Morgan fingerprint density at radius 3 is 1.25 bits per heavy atom. The van der Waals surface area contributed by atoms with E-state index >= 15 is 0 Å². The number of carbonyl (C=O) groups excluding carboxylic acids is 1. The third-order valence-electron chi connectivity index (χ3n) is 5.40. The molecule has 0 saturated carbocycles. The van der Waals surface area contributed by atoms with Crippen LogP contribution in [0.4, 0.5) is 0 Å². The molecule has 0 atom stereocenters. The number of aliphatic carboxylic acids is 1. The molecular weight excluding hydrogens is 392 g/mol. The molecule has 32 heavy (non-hydrogen) atoms. The second-order valence-electron chi connectivity index (χ2n) is 8.53. The topological polar surface area (TPSA) is 40.1 Å². The van der Waals surface area contributed by atoms with Gasteiger partial charge < -0.3 is 9.90 Å². The number of rotatable bonds is 23. The van der Waals surface area contributed by atoms with Gasteiger partial charge in [0.05, 0.1) is 0 Å². The Kier molecular flexibility index (Phi) is 25.6. The van der Waals surface area contributed by atoms with E-state index in [1.165, 1.54) is 64.2 Å². The average Bonchev–Trinajstić information content (AvgIpc) is 2.78. The predicted molar refractivity (Wildman–Crippen MR) is 139 cm³/mol. The van der Waals surface area contributed by atoms with E-state index in [-0.39, 0.29) is 6.42 Å². The van der Waals surface area contributed by atoms with Gasteiger partial charge in [0.2, 0.25) is 0 Å². The standard InChI is InChI=1S/C30H50O2/c1-2-3-4-5-6-7-8-9-10-11-12-13-14-15-16-17-18-19-20-21-22-23-24-25-26-27-28-29-30(31)32/h6-7,9-10,12-13,15-16,18-19H,2-5,8,11,14,17,20-29H2,1H3,(H,31,32)/p-1/b7-6-,10-9-,13-12-,16-15-,19-18-. The molecule has 0 heterocycles. The quantitative estimate of drug-likeness (QED) is 0.118. The summed E-state index contributed by atoms with van der Waals surface area (Å²) < 4.78 is 0. The van der Waals surface area contributed by atoms with Gasteiger partial charge in [-0.3, -0.25) is 0 Å². The Labute approximate surface area is 199 Å². The minimum absolute atomic E-state index is 0.216. The van der Waals surface area contributed by atoms with Crippen LogP contribution in [0.1, 0.15) is 122 Å². The zero-order valence-electron chi connectivity index (χ0n) is 20.8. The fraction of sp³-hybridized carbons (Fsp3) is 0.633. The van der Waals surface area contributed by atoms with Crippen molar-refractivity contribution in [2.75, 3.05) is 0 Å². The maximum Gasteiger partial charge on any atom is 0.0414 e. The van der Waals surface area contributed by atoms with Crippen LogP contribution in [-0.4, -0.2) is 5.97 Å². The summed E-state index contributed by atoms with van der Waals surface area (Å²) in [5.41, 5.74) is 0. The van der Waals surface area contributed by atoms with Crippen molar-refractivity contribution in [2.24, 2.45) is 0 Å². The molecule has 0 aromatic carbocycles. The molecule has 0 aliphatic rings. The van der Waals surface area contributed by atoms with E-state index in [0.717, 1.165) is 44.9 Å². The van der Waals surface area contributed by atoms with Crippen LogP contribution in [0.2, 0.25) is 0 Å². The highest BCUT2D eigenvalue weighted by atomic mass is 16.4. The molecule has 2 heteroatoms. The van der Waals surface area contributed by atoms with E-state index in [2.05, 4.69) is 67.7 Å². The number of allylic oxidation sites excluding steroid dienone is 10. The van der Waals surface area contributed by atoms with Crippen molar-refractivity contribution in [3.8, 4) is 0 Å². The molecule has 0 amide bonds. The van der Waals surface area contributed by atoms with Gasteiger partial charge in [-0.25, -0.2) is 0 Å². The summed E-state index contributed by atoms with van der Waals surface area (Å²) in [6.07, 6.45) is 42.7. The van der Waals surface area contributed by atoms with Crippen LogP contribution in [0, 0.1) is 0 Å². The zero-order valence-corrected chi connectivity index (χ0v) is 20.8. The van der Waals surface area contributed by atoms with Gasteiger partial charge in [-0.2, -0.15) is 0 Å². The molecule has 2 nitrogen and oxygen atoms in total. The van der Waals surface area contributed by atoms with Crippen LogP contribution in [-0.2, 0) is 4.79 Å². The van der Waals surface area contributed by atoms with Crippen molar-refractivity contribution < 1.29 is 9.90 Å². The lowest BCUT2D eigenvalue weighted by atomic mass is 10.1. The number of carboxylic acid groups (broad SMARTS) is 1. The number of hydrogen-bond acceptors (Lipinski definition) is 2. The smallest absolute Gasteiger partial charge is 0.0414 e. The molecule has 0 aromatic rings. The number of carboxylic acids is 1. The average molecular weight is 442 g/mol. The molecule has 0 N–H and O–H groups in total. The summed E-state index contributed by atoms with van der Waals surface area (Å²) in [4.78, 5) is 10.3. The third kappa shape index (κ3) is 28.2. The Bertz CT molecular complexity index is 537. The summed E-state index contributed by atoms with van der Waals surface area (Å²) in [6, 6.07) is 0. The van der Waals surface area contributed by atoms with Gasteiger partial charge in [0, 0.05) is 5.97 Å². The summed E-state index contributed by atoms with van der Waals surface area (Å²) >= 11 is 0. The SMILES string of the molecule is CCCCC/C=C\C/C=C\C/C=C\C/C=C\C/C=C\CCCCCCCCCCC(=O)[O-]. The zero-order chi connectivity index (χ0) is 23.4. The van der Waals surface area contributed by atoms with Gasteiger partial charge in [0.1, 0.15) is 0 Å². The Morgan fingerprint density at radius 2 is 0.844 bits per heavy atom. The number of carbonyl (C=O) groups is 1. The molecule has 0 fully saturated rings. The van der Waals surface area contributed by atoms with Crippen molar-refractivity contribution in [1.82, 2.24) is 0 Å². The largest absolute Gasteiger partial charge is 0.550 e. The highest BCUT2D eigenvalue weighted by Crippen LogP contribution is 2.10. The van der Waals surface area contributed by atoms with E-state index in [4.69, 9.17) is 0 Å². The molecular formula is C30H49O2-. The van der Waals surface area contributed by atoms with Crippen molar-refractivity contribution >= 4 is 5.97 Å². The van der Waals surface area contributed by atoms with Crippen molar-refractivity contribution in [1.29, 1.82) is 0 Å². The number of unbranched alkanes of at least 4 members (excludes halogenated alkanes) is 11. The van der Waals surface area contributed by atoms with Crippen LogP contribution in [0.3, 0.4) is 0 Å². The minimum atomic E-state index is -0.916. The van der Waals surface area contributed by atoms with Gasteiger partial charge in [-0.1, -0.05) is 119 Å². The first-order valence-electron chi connectivity index (χ1n) is 13.2. The van der Waals surface area contributed by atoms with Crippen molar-refractivity contribution in [2.45, 2.75) is 122 Å². The molecule has 0 aliphatic heterocycles. The second kappa shape index (κ2) is 27.2. The van der Waals surface area contributed by atoms with E-state index in [9.17, 15) is 9.90 Å². The monoisotopic (exact) mass is 441 g/mol. The minimum Gasteiger partial charge on any atom is -0.550 e. The van der Waals surface area contributed by atoms with Gasteiger partial charge >= 0.3 is 0 Å². The maximum absolute atomic E-state index is 10.3. The first-order chi connectivity index (χ1) is 15.8. The lowest BCUT2D eigenvalue weighted by Gasteiger charge is -2.02. The fourth-order valence-electron chi connectivity index (χ4n) is 3.42. The normalized spacial score (nSPS) is 12.5. The van der Waals surface area contributed by atoms with Crippen LogP contribution < -0.4 is 5.11 Å². The summed E-state index contributed by atoms with van der Waals surface area (Å²) in [5.74, 6) is -0.916. The first kappa shape index (κ1) is 30.2. The molecule has 0 aliphatic carbocycles. The molecule has 182 valence electrons. The van der Waals surface area contributed by atoms with Crippen LogP contribution in [0.25, 0.3) is 0 Å². The molecule has 0 spiro atoms. The third-order valence-corrected chi connectivity index (χ3v) is 5.40. The van der Waals surface area contributed by atoms with E-state index < -0.39 is 5.97 Å². The van der Waals surface area contributed by atoms with Crippen LogP contribution >= 0.6 is 0 Å².